The predicted octanol–water partition coefficient (Wildman–Crippen LogP) is 4.37. The Morgan fingerprint density at radius 1 is 1.16 bits per heavy atom. The molecule has 31 heavy (non-hydrogen) atoms. The van der Waals surface area contributed by atoms with Crippen LogP contribution in [0.3, 0.4) is 0 Å². The van der Waals surface area contributed by atoms with Crippen LogP contribution in [0.5, 0.6) is 5.75 Å². The van der Waals surface area contributed by atoms with Gasteiger partial charge in [0.05, 0.1) is 7.11 Å². The van der Waals surface area contributed by atoms with Crippen molar-refractivity contribution in [2.24, 2.45) is 17.8 Å². The minimum atomic E-state index is -0.628. The summed E-state index contributed by atoms with van der Waals surface area (Å²) in [5.74, 6) is 4.71. The van der Waals surface area contributed by atoms with Crippen LogP contribution in [-0.4, -0.2) is 42.3 Å². The van der Waals surface area contributed by atoms with Gasteiger partial charge in [-0.25, -0.2) is 4.79 Å². The fourth-order valence-electron chi connectivity index (χ4n) is 4.61. The largest absolute Gasteiger partial charge is 0.497 e. The molecule has 0 aliphatic heterocycles. The predicted molar refractivity (Wildman–Crippen MR) is 124 cm³/mol. The Labute approximate surface area is 190 Å². The Kier molecular flexibility index (Phi) is 8.14. The first kappa shape index (κ1) is 23.8. The Morgan fingerprint density at radius 3 is 2.48 bits per heavy atom. The summed E-state index contributed by atoms with van der Waals surface area (Å²) in [5, 5.41) is 5.72. The molecule has 2 fully saturated rings. The van der Waals surface area contributed by atoms with Crippen LogP contribution in [0.15, 0.2) is 24.3 Å². The van der Waals surface area contributed by atoms with E-state index in [2.05, 4.69) is 10.6 Å². The number of fused-ring (bicyclic) bond motifs is 2. The van der Waals surface area contributed by atoms with Gasteiger partial charge in [-0.1, -0.05) is 18.6 Å². The molecule has 0 aromatic heterocycles. The van der Waals surface area contributed by atoms with Gasteiger partial charge in [0, 0.05) is 12.3 Å². The molecule has 0 saturated heterocycles. The number of carbonyl (C=O) groups is 2. The summed E-state index contributed by atoms with van der Waals surface area (Å²) >= 11 is 1.77. The molecule has 2 amide bonds. The Bertz CT molecular complexity index is 747. The van der Waals surface area contributed by atoms with Crippen LogP contribution < -0.4 is 15.4 Å². The molecule has 0 unspecified atom stereocenters. The minimum absolute atomic E-state index is 0.192. The van der Waals surface area contributed by atoms with E-state index in [0.717, 1.165) is 34.8 Å². The van der Waals surface area contributed by atoms with Crippen molar-refractivity contribution in [2.45, 2.75) is 64.6 Å². The van der Waals surface area contributed by atoms with E-state index in [4.69, 9.17) is 9.47 Å². The van der Waals surface area contributed by atoms with Crippen molar-refractivity contribution >= 4 is 23.8 Å². The van der Waals surface area contributed by atoms with Crippen LogP contribution in [0.2, 0.25) is 0 Å². The van der Waals surface area contributed by atoms with Crippen LogP contribution in [0.1, 0.15) is 52.0 Å². The van der Waals surface area contributed by atoms with Gasteiger partial charge in [0.2, 0.25) is 5.91 Å². The molecule has 6 nitrogen and oxygen atoms in total. The quantitative estimate of drug-likeness (QED) is 0.586. The fourth-order valence-corrected chi connectivity index (χ4v) is 5.92. The first-order valence-corrected chi connectivity index (χ1v) is 12.4. The minimum Gasteiger partial charge on any atom is -0.497 e. The average Bonchev–Trinajstić information content (AvgIpc) is 3.33. The number of alkyl carbamates (subject to hydrolysis) is 1. The standard InChI is InChI=1S/C24H36N2O4S/c1-24(2,3)30-23(28)26-21(15-31-14-19-12-17-5-8-18(19)11-17)22(27)25-13-16-6-9-20(29-4)10-7-16/h6-7,9-10,17-19,21H,5,8,11-15H2,1-4H3,(H,25,27)(H,26,28)/t17-,18-,19-,21-/m0/s1. The third-order valence-electron chi connectivity index (χ3n) is 6.13. The molecular formula is C24H36N2O4S. The molecule has 0 heterocycles. The highest BCUT2D eigenvalue weighted by Gasteiger charge is 2.39. The first-order valence-electron chi connectivity index (χ1n) is 11.2. The lowest BCUT2D eigenvalue weighted by Gasteiger charge is -2.25. The fraction of sp³-hybridized carbons (Fsp3) is 0.667. The lowest BCUT2D eigenvalue weighted by molar-refractivity contribution is -0.122. The van der Waals surface area contributed by atoms with Crippen molar-refractivity contribution in [3.8, 4) is 5.75 Å². The van der Waals surface area contributed by atoms with Crippen molar-refractivity contribution in [3.05, 3.63) is 29.8 Å². The van der Waals surface area contributed by atoms with Gasteiger partial charge in [-0.05, 0) is 81.2 Å². The van der Waals surface area contributed by atoms with Crippen LogP contribution in [0, 0.1) is 17.8 Å². The van der Waals surface area contributed by atoms with Gasteiger partial charge < -0.3 is 20.1 Å². The molecule has 1 aromatic carbocycles. The van der Waals surface area contributed by atoms with Gasteiger partial charge >= 0.3 is 6.09 Å². The number of benzene rings is 1. The van der Waals surface area contributed by atoms with Gasteiger partial charge in [-0.15, -0.1) is 0 Å². The summed E-state index contributed by atoms with van der Waals surface area (Å²) in [6, 6.07) is 6.93. The van der Waals surface area contributed by atoms with Gasteiger partial charge in [0.25, 0.3) is 0 Å². The monoisotopic (exact) mass is 448 g/mol. The molecule has 3 rings (SSSR count). The van der Waals surface area contributed by atoms with E-state index in [1.165, 1.54) is 25.7 Å². The van der Waals surface area contributed by atoms with Gasteiger partial charge in [-0.2, -0.15) is 11.8 Å². The van der Waals surface area contributed by atoms with Gasteiger partial charge in [0.15, 0.2) is 0 Å². The van der Waals surface area contributed by atoms with Crippen LogP contribution in [0.25, 0.3) is 0 Å². The molecular weight excluding hydrogens is 412 g/mol. The third kappa shape index (κ3) is 7.34. The molecule has 0 radical (unpaired) electrons. The number of rotatable bonds is 9. The Balaban J connectivity index is 1.52. The molecule has 7 heteroatoms. The number of nitrogens with one attached hydrogen (secondary N) is 2. The second-order valence-electron chi connectivity index (χ2n) is 9.74. The van der Waals surface area contributed by atoms with E-state index in [1.807, 2.05) is 45.0 Å². The molecule has 4 atom stereocenters. The van der Waals surface area contributed by atoms with Crippen LogP contribution >= 0.6 is 11.8 Å². The zero-order valence-electron chi connectivity index (χ0n) is 19.1. The molecule has 172 valence electrons. The van der Waals surface area contributed by atoms with Crippen molar-refractivity contribution in [2.75, 3.05) is 18.6 Å². The van der Waals surface area contributed by atoms with E-state index in [1.54, 1.807) is 18.9 Å². The summed E-state index contributed by atoms with van der Waals surface area (Å²) in [7, 11) is 1.62. The molecule has 2 saturated carbocycles. The SMILES string of the molecule is COc1ccc(CNC(=O)[C@H](CSC[C@@H]2C[C@H]3CC[C@H]2C3)NC(=O)OC(C)(C)C)cc1. The molecule has 1 aromatic rings. The normalized spacial score (nSPS) is 23.3. The van der Waals surface area contributed by atoms with Crippen molar-refractivity contribution in [1.82, 2.24) is 10.6 Å². The number of amides is 2. The number of ether oxygens (including phenoxy) is 2. The summed E-state index contributed by atoms with van der Waals surface area (Å²) in [5.41, 5.74) is 0.365. The number of thioether (sulfide) groups is 1. The van der Waals surface area contributed by atoms with E-state index in [0.29, 0.717) is 12.3 Å². The zero-order valence-corrected chi connectivity index (χ0v) is 19.9. The number of hydrogen-bond acceptors (Lipinski definition) is 5. The van der Waals surface area contributed by atoms with Crippen molar-refractivity contribution < 1.29 is 19.1 Å². The van der Waals surface area contributed by atoms with Crippen molar-refractivity contribution in [3.63, 3.8) is 0 Å². The molecule has 0 spiro atoms. The highest BCUT2D eigenvalue weighted by molar-refractivity contribution is 7.99. The van der Waals surface area contributed by atoms with Gasteiger partial charge in [0.1, 0.15) is 17.4 Å². The summed E-state index contributed by atoms with van der Waals surface area (Å²) in [6.45, 7) is 5.84. The van der Waals surface area contributed by atoms with E-state index in [-0.39, 0.29) is 5.91 Å². The molecule has 2 N–H and O–H groups in total. The first-order chi connectivity index (χ1) is 14.7. The summed E-state index contributed by atoms with van der Waals surface area (Å²) < 4.78 is 10.5. The molecule has 2 aliphatic rings. The second kappa shape index (κ2) is 10.6. The van der Waals surface area contributed by atoms with Crippen LogP contribution in [-0.2, 0) is 16.1 Å². The average molecular weight is 449 g/mol. The topological polar surface area (TPSA) is 76.7 Å². The maximum atomic E-state index is 12.9. The number of methoxy groups -OCH3 is 1. The Hall–Kier alpha value is -1.89. The van der Waals surface area contributed by atoms with E-state index >= 15 is 0 Å². The number of hydrogen-bond donors (Lipinski definition) is 2. The maximum Gasteiger partial charge on any atom is 0.408 e. The Morgan fingerprint density at radius 2 is 1.90 bits per heavy atom. The number of carbonyl (C=O) groups excluding carboxylic acids is 2. The highest BCUT2D eigenvalue weighted by Crippen LogP contribution is 2.49. The lowest BCUT2D eigenvalue weighted by Crippen LogP contribution is -2.49. The third-order valence-corrected chi connectivity index (χ3v) is 7.37. The highest BCUT2D eigenvalue weighted by atomic mass is 32.2. The summed E-state index contributed by atoms with van der Waals surface area (Å²) in [6.07, 6.45) is 4.90. The molecule has 2 bridgehead atoms. The van der Waals surface area contributed by atoms with Crippen molar-refractivity contribution in [1.29, 1.82) is 0 Å². The summed E-state index contributed by atoms with van der Waals surface area (Å²) in [4.78, 5) is 25.2. The van der Waals surface area contributed by atoms with E-state index < -0.39 is 17.7 Å². The zero-order chi connectivity index (χ0) is 22.4. The lowest BCUT2D eigenvalue weighted by atomic mass is 9.90. The van der Waals surface area contributed by atoms with E-state index in [9.17, 15) is 9.59 Å². The smallest absolute Gasteiger partial charge is 0.408 e. The molecule has 2 aliphatic carbocycles. The maximum absolute atomic E-state index is 12.9. The van der Waals surface area contributed by atoms with Gasteiger partial charge in [-0.3, -0.25) is 4.79 Å². The second-order valence-corrected chi connectivity index (χ2v) is 10.8. The van der Waals surface area contributed by atoms with Crippen LogP contribution in [0.4, 0.5) is 4.79 Å².